The van der Waals surface area contributed by atoms with Gasteiger partial charge in [0, 0.05) is 36.6 Å². The summed E-state index contributed by atoms with van der Waals surface area (Å²) in [6, 6.07) is 7.87. The Balaban J connectivity index is 1.93. The summed E-state index contributed by atoms with van der Waals surface area (Å²) in [5.41, 5.74) is 0.821. The van der Waals surface area contributed by atoms with Crippen molar-refractivity contribution in [3.05, 3.63) is 29.8 Å². The number of thioether (sulfide) groups is 1. The number of hydrogen-bond donors (Lipinski definition) is 1. The molecular formula is C13H18N2OS. The minimum absolute atomic E-state index is 0.222. The second kappa shape index (κ2) is 6.19. The standard InChI is InChI=1S/C13H18N2OS/c1-17-12-4-2-11(3-5-12)13(16)10-15-8-6-14-7-9-15/h2-5,14H,6-10H2,1H3. The molecule has 1 fully saturated rings. The first-order valence-electron chi connectivity index (χ1n) is 5.90. The molecule has 0 unspecified atom stereocenters. The molecule has 1 aromatic carbocycles. The van der Waals surface area contributed by atoms with Crippen LogP contribution in [0.15, 0.2) is 29.2 Å². The molecule has 1 saturated heterocycles. The van der Waals surface area contributed by atoms with Crippen LogP contribution in [-0.2, 0) is 0 Å². The van der Waals surface area contributed by atoms with Crippen molar-refractivity contribution in [2.45, 2.75) is 4.90 Å². The number of nitrogens with zero attached hydrogens (tertiary/aromatic N) is 1. The highest BCUT2D eigenvalue weighted by atomic mass is 32.2. The van der Waals surface area contributed by atoms with E-state index in [-0.39, 0.29) is 5.78 Å². The van der Waals surface area contributed by atoms with Crippen LogP contribution in [0.1, 0.15) is 10.4 Å². The third-order valence-corrected chi connectivity index (χ3v) is 3.73. The highest BCUT2D eigenvalue weighted by Gasteiger charge is 2.14. The number of carbonyl (C=O) groups excluding carboxylic acids is 1. The van der Waals surface area contributed by atoms with E-state index in [1.165, 1.54) is 4.90 Å². The number of carbonyl (C=O) groups is 1. The van der Waals surface area contributed by atoms with Crippen LogP contribution in [0, 0.1) is 0 Å². The molecule has 0 spiro atoms. The van der Waals surface area contributed by atoms with Crippen LogP contribution >= 0.6 is 11.8 Å². The van der Waals surface area contributed by atoms with Crippen molar-refractivity contribution < 1.29 is 4.79 Å². The maximum atomic E-state index is 12.0. The number of Topliss-reactive ketones (excluding diaryl/α,β-unsaturated/α-hetero) is 1. The van der Waals surface area contributed by atoms with Gasteiger partial charge in [-0.05, 0) is 18.4 Å². The molecule has 1 heterocycles. The lowest BCUT2D eigenvalue weighted by Gasteiger charge is -2.26. The molecule has 0 atom stereocenters. The molecule has 0 bridgehead atoms. The molecule has 92 valence electrons. The van der Waals surface area contributed by atoms with E-state index in [0.717, 1.165) is 31.7 Å². The van der Waals surface area contributed by atoms with Crippen molar-refractivity contribution in [2.75, 3.05) is 39.0 Å². The van der Waals surface area contributed by atoms with Crippen LogP contribution in [0.2, 0.25) is 0 Å². The van der Waals surface area contributed by atoms with Crippen LogP contribution in [0.4, 0.5) is 0 Å². The van der Waals surface area contributed by atoms with Crippen molar-refractivity contribution in [1.82, 2.24) is 10.2 Å². The van der Waals surface area contributed by atoms with E-state index in [1.54, 1.807) is 11.8 Å². The fraction of sp³-hybridized carbons (Fsp3) is 0.462. The second-order valence-electron chi connectivity index (χ2n) is 4.18. The zero-order chi connectivity index (χ0) is 12.1. The fourth-order valence-corrected chi connectivity index (χ4v) is 2.35. The third-order valence-electron chi connectivity index (χ3n) is 2.99. The smallest absolute Gasteiger partial charge is 0.176 e. The maximum absolute atomic E-state index is 12.0. The van der Waals surface area contributed by atoms with Gasteiger partial charge in [0.2, 0.25) is 0 Å². The summed E-state index contributed by atoms with van der Waals surface area (Å²) < 4.78 is 0. The summed E-state index contributed by atoms with van der Waals surface area (Å²) >= 11 is 1.69. The van der Waals surface area contributed by atoms with Crippen molar-refractivity contribution in [3.63, 3.8) is 0 Å². The summed E-state index contributed by atoms with van der Waals surface area (Å²) in [4.78, 5) is 15.5. The van der Waals surface area contributed by atoms with Crippen molar-refractivity contribution in [3.8, 4) is 0 Å². The molecule has 3 nitrogen and oxygen atoms in total. The Hall–Kier alpha value is -0.840. The predicted octanol–water partition coefficient (Wildman–Crippen LogP) is 1.50. The largest absolute Gasteiger partial charge is 0.314 e. The van der Waals surface area contributed by atoms with E-state index < -0.39 is 0 Å². The normalized spacial score (nSPS) is 17.0. The summed E-state index contributed by atoms with van der Waals surface area (Å²) in [6.45, 7) is 4.45. The van der Waals surface area contributed by atoms with Crippen LogP contribution in [0.5, 0.6) is 0 Å². The van der Waals surface area contributed by atoms with Crippen LogP contribution < -0.4 is 5.32 Å². The molecule has 4 heteroatoms. The SMILES string of the molecule is CSc1ccc(C(=O)CN2CCNCC2)cc1. The topological polar surface area (TPSA) is 32.3 Å². The van der Waals surface area contributed by atoms with Gasteiger partial charge in [-0.1, -0.05) is 12.1 Å². The molecule has 2 rings (SSSR count). The predicted molar refractivity (Wildman–Crippen MR) is 71.9 cm³/mol. The molecule has 0 aliphatic carbocycles. The van der Waals surface area contributed by atoms with E-state index in [0.29, 0.717) is 6.54 Å². The van der Waals surface area contributed by atoms with Gasteiger partial charge < -0.3 is 5.32 Å². The molecule has 0 saturated carbocycles. The van der Waals surface area contributed by atoms with Gasteiger partial charge >= 0.3 is 0 Å². The molecule has 1 N–H and O–H groups in total. The third kappa shape index (κ3) is 3.56. The van der Waals surface area contributed by atoms with E-state index in [1.807, 2.05) is 30.5 Å². The monoisotopic (exact) mass is 250 g/mol. The first kappa shape index (κ1) is 12.6. The summed E-state index contributed by atoms with van der Waals surface area (Å²) in [5, 5.41) is 3.29. The Morgan fingerprint density at radius 3 is 2.53 bits per heavy atom. The Morgan fingerprint density at radius 2 is 1.94 bits per heavy atom. The van der Waals surface area contributed by atoms with Gasteiger partial charge in [-0.25, -0.2) is 0 Å². The number of rotatable bonds is 4. The van der Waals surface area contributed by atoms with Gasteiger partial charge in [-0.2, -0.15) is 0 Å². The summed E-state index contributed by atoms with van der Waals surface area (Å²) in [7, 11) is 0. The highest BCUT2D eigenvalue weighted by Crippen LogP contribution is 2.15. The van der Waals surface area contributed by atoms with Crippen LogP contribution in [0.3, 0.4) is 0 Å². The Kier molecular flexibility index (Phi) is 4.59. The summed E-state index contributed by atoms with van der Waals surface area (Å²) in [5.74, 6) is 0.222. The van der Waals surface area contributed by atoms with Gasteiger partial charge in [-0.3, -0.25) is 9.69 Å². The molecule has 1 aromatic rings. The maximum Gasteiger partial charge on any atom is 0.176 e. The lowest BCUT2D eigenvalue weighted by molar-refractivity contribution is 0.0921. The highest BCUT2D eigenvalue weighted by molar-refractivity contribution is 7.98. The van der Waals surface area contributed by atoms with Crippen LogP contribution in [0.25, 0.3) is 0 Å². The lowest BCUT2D eigenvalue weighted by atomic mass is 10.1. The molecule has 0 aromatic heterocycles. The number of nitrogens with one attached hydrogen (secondary N) is 1. The average Bonchev–Trinajstić information content (AvgIpc) is 2.40. The van der Waals surface area contributed by atoms with Crippen molar-refractivity contribution in [2.24, 2.45) is 0 Å². The molecule has 1 aliphatic heterocycles. The second-order valence-corrected chi connectivity index (χ2v) is 5.06. The minimum atomic E-state index is 0.222. The number of hydrogen-bond acceptors (Lipinski definition) is 4. The Bertz CT molecular complexity index is 372. The average molecular weight is 250 g/mol. The van der Waals surface area contributed by atoms with Gasteiger partial charge in [0.1, 0.15) is 0 Å². The lowest BCUT2D eigenvalue weighted by Crippen LogP contribution is -2.45. The van der Waals surface area contributed by atoms with Gasteiger partial charge in [0.25, 0.3) is 0 Å². The first-order chi connectivity index (χ1) is 8.29. The molecule has 0 radical (unpaired) electrons. The number of piperazine rings is 1. The van der Waals surface area contributed by atoms with E-state index in [4.69, 9.17) is 0 Å². The van der Waals surface area contributed by atoms with Crippen molar-refractivity contribution in [1.29, 1.82) is 0 Å². The Morgan fingerprint density at radius 1 is 1.29 bits per heavy atom. The van der Waals surface area contributed by atoms with Gasteiger partial charge in [0.05, 0.1) is 6.54 Å². The molecule has 17 heavy (non-hydrogen) atoms. The van der Waals surface area contributed by atoms with Crippen molar-refractivity contribution >= 4 is 17.5 Å². The summed E-state index contributed by atoms with van der Waals surface area (Å²) in [6.07, 6.45) is 2.04. The van der Waals surface area contributed by atoms with Gasteiger partial charge in [-0.15, -0.1) is 11.8 Å². The fourth-order valence-electron chi connectivity index (χ4n) is 1.94. The molecule has 0 amide bonds. The number of benzene rings is 1. The van der Waals surface area contributed by atoms with E-state index >= 15 is 0 Å². The zero-order valence-corrected chi connectivity index (χ0v) is 10.9. The minimum Gasteiger partial charge on any atom is -0.314 e. The van der Waals surface area contributed by atoms with E-state index in [2.05, 4.69) is 10.2 Å². The number of ketones is 1. The van der Waals surface area contributed by atoms with Gasteiger partial charge in [0.15, 0.2) is 5.78 Å². The molecule has 1 aliphatic rings. The molecular weight excluding hydrogens is 232 g/mol. The Labute approximate surface area is 107 Å². The van der Waals surface area contributed by atoms with Crippen LogP contribution in [-0.4, -0.2) is 49.7 Å². The quantitative estimate of drug-likeness (QED) is 0.648. The van der Waals surface area contributed by atoms with E-state index in [9.17, 15) is 4.79 Å². The first-order valence-corrected chi connectivity index (χ1v) is 7.12. The zero-order valence-electron chi connectivity index (χ0n) is 10.1.